The van der Waals surface area contributed by atoms with E-state index < -0.39 is 0 Å². The molecule has 0 aromatic heterocycles. The van der Waals surface area contributed by atoms with Gasteiger partial charge in [-0.05, 0) is 74.8 Å². The van der Waals surface area contributed by atoms with Crippen molar-refractivity contribution in [3.8, 4) is 5.75 Å². The first-order valence-corrected chi connectivity index (χ1v) is 16.6. The molecule has 5 N–H and O–H groups in total. The van der Waals surface area contributed by atoms with Crippen molar-refractivity contribution in [2.45, 2.75) is 64.6 Å². The largest absolute Gasteiger partial charge is 0.488 e. The van der Waals surface area contributed by atoms with Crippen molar-refractivity contribution in [1.29, 1.82) is 0 Å². The number of para-hydroxylation sites is 2. The van der Waals surface area contributed by atoms with Crippen LogP contribution in [0.3, 0.4) is 0 Å². The molecule has 10 nitrogen and oxygen atoms in total. The van der Waals surface area contributed by atoms with Crippen LogP contribution >= 0.6 is 0 Å². The fourth-order valence-electron chi connectivity index (χ4n) is 6.38. The van der Waals surface area contributed by atoms with Crippen molar-refractivity contribution in [1.82, 2.24) is 9.80 Å². The van der Waals surface area contributed by atoms with Crippen LogP contribution < -0.4 is 21.1 Å². The molecule has 5 rings (SSSR count). The number of anilines is 3. The van der Waals surface area contributed by atoms with Crippen molar-refractivity contribution >= 4 is 34.8 Å². The molecular weight excluding hydrogens is 594 g/mol. The maximum atomic E-state index is 13.8. The number of carbonyl (C=O) groups excluding carboxylic acids is 3. The van der Waals surface area contributed by atoms with Gasteiger partial charge in [0.05, 0.1) is 29.6 Å². The minimum atomic E-state index is -0.385. The van der Waals surface area contributed by atoms with E-state index >= 15 is 0 Å². The SMILES string of the molecule is C[C@@H]1CN([C@H](C)CO)C(=O)c2cc(NC(=O)C3CCCCC3)ccc2O[C@@H]1CN(C)Cc1ccc(C(=O)Nc2ccccc2N)cc1. The van der Waals surface area contributed by atoms with Gasteiger partial charge in [0.1, 0.15) is 11.9 Å². The second-order valence-corrected chi connectivity index (χ2v) is 13.1. The van der Waals surface area contributed by atoms with Gasteiger partial charge in [-0.2, -0.15) is 0 Å². The predicted octanol–water partition coefficient (Wildman–Crippen LogP) is 5.39. The number of aliphatic hydroxyl groups excluding tert-OH is 1. The molecule has 0 spiro atoms. The van der Waals surface area contributed by atoms with Gasteiger partial charge in [0.25, 0.3) is 11.8 Å². The van der Waals surface area contributed by atoms with Crippen molar-refractivity contribution in [2.75, 3.05) is 43.1 Å². The summed E-state index contributed by atoms with van der Waals surface area (Å²) < 4.78 is 6.56. The summed E-state index contributed by atoms with van der Waals surface area (Å²) in [5.74, 6) is -0.0522. The van der Waals surface area contributed by atoms with E-state index in [2.05, 4.69) is 22.5 Å². The van der Waals surface area contributed by atoms with Crippen LogP contribution in [-0.4, -0.2) is 71.5 Å². The minimum absolute atomic E-state index is 0.00730. The molecule has 1 aliphatic carbocycles. The van der Waals surface area contributed by atoms with Crippen LogP contribution in [0.4, 0.5) is 17.1 Å². The maximum Gasteiger partial charge on any atom is 0.258 e. The highest BCUT2D eigenvalue weighted by Gasteiger charge is 2.34. The third-order valence-electron chi connectivity index (χ3n) is 9.28. The molecule has 3 atom stereocenters. The topological polar surface area (TPSA) is 137 Å². The summed E-state index contributed by atoms with van der Waals surface area (Å²) in [7, 11) is 2.01. The van der Waals surface area contributed by atoms with Crippen LogP contribution in [0.5, 0.6) is 5.75 Å². The molecule has 1 fully saturated rings. The molecule has 3 aromatic rings. The lowest BCUT2D eigenvalue weighted by molar-refractivity contribution is -0.120. The summed E-state index contributed by atoms with van der Waals surface area (Å²) in [4.78, 5) is 43.4. The second kappa shape index (κ2) is 15.5. The Morgan fingerprint density at radius 1 is 1.04 bits per heavy atom. The molecule has 10 heteroatoms. The van der Waals surface area contributed by atoms with Crippen LogP contribution in [-0.2, 0) is 11.3 Å². The number of nitrogens with zero attached hydrogens (tertiary/aromatic N) is 2. The molecule has 1 heterocycles. The highest BCUT2D eigenvalue weighted by atomic mass is 16.5. The number of ether oxygens (including phenoxy) is 1. The fourth-order valence-corrected chi connectivity index (χ4v) is 6.38. The molecule has 0 radical (unpaired) electrons. The summed E-state index contributed by atoms with van der Waals surface area (Å²) in [5, 5.41) is 15.9. The van der Waals surface area contributed by atoms with Gasteiger partial charge >= 0.3 is 0 Å². The molecule has 1 saturated carbocycles. The Labute approximate surface area is 277 Å². The van der Waals surface area contributed by atoms with E-state index in [-0.39, 0.29) is 48.3 Å². The Hall–Kier alpha value is -4.41. The number of nitrogens with one attached hydrogen (secondary N) is 2. The van der Waals surface area contributed by atoms with Gasteiger partial charge in [0.2, 0.25) is 5.91 Å². The zero-order valence-corrected chi connectivity index (χ0v) is 27.6. The Morgan fingerprint density at radius 3 is 2.47 bits per heavy atom. The zero-order valence-electron chi connectivity index (χ0n) is 27.6. The Balaban J connectivity index is 1.28. The molecule has 1 aliphatic heterocycles. The quantitative estimate of drug-likeness (QED) is 0.218. The molecule has 3 aromatic carbocycles. The number of amides is 3. The minimum Gasteiger partial charge on any atom is -0.488 e. The van der Waals surface area contributed by atoms with E-state index in [0.29, 0.717) is 53.6 Å². The summed E-state index contributed by atoms with van der Waals surface area (Å²) >= 11 is 0. The third-order valence-corrected chi connectivity index (χ3v) is 9.28. The lowest BCUT2D eigenvalue weighted by atomic mass is 9.88. The number of hydrogen-bond acceptors (Lipinski definition) is 7. The number of likely N-dealkylation sites (N-methyl/N-ethyl adjacent to an activating group) is 1. The zero-order chi connectivity index (χ0) is 33.5. The molecule has 0 saturated heterocycles. The summed E-state index contributed by atoms with van der Waals surface area (Å²) in [6.07, 6.45) is 4.80. The molecular formula is C37H47N5O5. The van der Waals surface area contributed by atoms with E-state index in [1.807, 2.05) is 38.2 Å². The van der Waals surface area contributed by atoms with E-state index in [9.17, 15) is 19.5 Å². The van der Waals surface area contributed by atoms with E-state index in [0.717, 1.165) is 31.2 Å². The third kappa shape index (κ3) is 8.50. The van der Waals surface area contributed by atoms with Crippen molar-refractivity contribution < 1.29 is 24.2 Å². The number of hydrogen-bond donors (Lipinski definition) is 4. The summed E-state index contributed by atoms with van der Waals surface area (Å²) in [5.41, 5.74) is 9.56. The lowest BCUT2D eigenvalue weighted by Gasteiger charge is -2.38. The van der Waals surface area contributed by atoms with E-state index in [1.165, 1.54) is 6.42 Å². The Kier molecular flexibility index (Phi) is 11.2. The second-order valence-electron chi connectivity index (χ2n) is 13.1. The number of carbonyl (C=O) groups is 3. The highest BCUT2D eigenvalue weighted by molar-refractivity contribution is 6.05. The number of benzene rings is 3. The average molecular weight is 642 g/mol. The van der Waals surface area contributed by atoms with Gasteiger partial charge in [-0.15, -0.1) is 0 Å². The van der Waals surface area contributed by atoms with Crippen LogP contribution in [0.1, 0.15) is 72.2 Å². The maximum absolute atomic E-state index is 13.8. The van der Waals surface area contributed by atoms with Crippen molar-refractivity contribution in [3.05, 3.63) is 83.4 Å². The first-order valence-electron chi connectivity index (χ1n) is 16.6. The number of aliphatic hydroxyl groups is 1. The summed E-state index contributed by atoms with van der Waals surface area (Å²) in [6, 6.07) is 19.5. The summed E-state index contributed by atoms with van der Waals surface area (Å²) in [6.45, 7) is 5.33. The fraction of sp³-hybridized carbons (Fsp3) is 0.432. The van der Waals surface area contributed by atoms with Gasteiger partial charge in [-0.3, -0.25) is 19.3 Å². The Bertz CT molecular complexity index is 1550. The number of rotatable bonds is 10. The molecule has 2 aliphatic rings. The lowest BCUT2D eigenvalue weighted by Crippen LogP contribution is -2.49. The monoisotopic (exact) mass is 641 g/mol. The van der Waals surface area contributed by atoms with Crippen molar-refractivity contribution in [3.63, 3.8) is 0 Å². The predicted molar refractivity (Wildman–Crippen MR) is 184 cm³/mol. The van der Waals surface area contributed by atoms with E-state index in [1.54, 1.807) is 47.4 Å². The van der Waals surface area contributed by atoms with Gasteiger partial charge in [-0.1, -0.05) is 50.5 Å². The normalized spacial score (nSPS) is 19.3. The number of nitrogen functional groups attached to an aromatic ring is 1. The molecule has 3 amide bonds. The molecule has 250 valence electrons. The highest BCUT2D eigenvalue weighted by Crippen LogP contribution is 2.32. The van der Waals surface area contributed by atoms with Crippen LogP contribution in [0.25, 0.3) is 0 Å². The number of nitrogens with two attached hydrogens (primary N) is 1. The first kappa shape index (κ1) is 33.9. The molecule has 0 bridgehead atoms. The van der Waals surface area contributed by atoms with Crippen LogP contribution in [0.15, 0.2) is 66.7 Å². The van der Waals surface area contributed by atoms with Crippen molar-refractivity contribution in [2.24, 2.45) is 11.8 Å². The van der Waals surface area contributed by atoms with Crippen LogP contribution in [0.2, 0.25) is 0 Å². The standard InChI is InChI=1S/C37H47N5O5/c1-24-20-42(25(2)23-43)37(46)30-19-29(39-35(44)27-9-5-4-6-10-27)17-18-33(30)47-34(24)22-41(3)21-26-13-15-28(16-14-26)36(45)40-32-12-8-7-11-31(32)38/h7-8,11-19,24-25,27,34,43H,4-6,9-10,20-23,38H2,1-3H3,(H,39,44)(H,40,45)/t24-,25-,34-/m1/s1. The first-order chi connectivity index (χ1) is 22.6. The number of fused-ring (bicyclic) bond motifs is 1. The van der Waals surface area contributed by atoms with Gasteiger partial charge in [-0.25, -0.2) is 0 Å². The molecule has 47 heavy (non-hydrogen) atoms. The van der Waals surface area contributed by atoms with Gasteiger partial charge < -0.3 is 31.1 Å². The van der Waals surface area contributed by atoms with Crippen LogP contribution in [0, 0.1) is 11.8 Å². The molecule has 0 unspecified atom stereocenters. The van der Waals surface area contributed by atoms with Gasteiger partial charge in [0, 0.05) is 42.7 Å². The average Bonchev–Trinajstić information content (AvgIpc) is 3.08. The van der Waals surface area contributed by atoms with E-state index in [4.69, 9.17) is 10.5 Å². The smallest absolute Gasteiger partial charge is 0.258 e. The Morgan fingerprint density at radius 2 is 1.77 bits per heavy atom. The van der Waals surface area contributed by atoms with Gasteiger partial charge in [0.15, 0.2) is 0 Å².